The smallest absolute Gasteiger partial charge is 0.255 e. The van der Waals surface area contributed by atoms with Crippen LogP contribution in [-0.4, -0.2) is 38.0 Å². The van der Waals surface area contributed by atoms with Gasteiger partial charge in [-0.15, -0.1) is 0 Å². The number of nitrogens with one attached hydrogen (secondary N) is 1. The van der Waals surface area contributed by atoms with Crippen LogP contribution in [0.4, 0.5) is 0 Å². The van der Waals surface area contributed by atoms with Crippen molar-refractivity contribution in [2.24, 2.45) is 5.10 Å². The van der Waals surface area contributed by atoms with Crippen LogP contribution in [0.15, 0.2) is 70.7 Å². The van der Waals surface area contributed by atoms with E-state index in [0.717, 1.165) is 21.2 Å². The third-order valence-electron chi connectivity index (χ3n) is 5.39. The summed E-state index contributed by atoms with van der Waals surface area (Å²) >= 11 is 5.99. The van der Waals surface area contributed by atoms with Gasteiger partial charge in [-0.1, -0.05) is 41.4 Å². The number of benzene rings is 3. The lowest BCUT2D eigenvalue weighted by atomic mass is 10.1. The van der Waals surface area contributed by atoms with Crippen molar-refractivity contribution in [3.8, 4) is 5.75 Å². The Morgan fingerprint density at radius 2 is 1.64 bits per heavy atom. The van der Waals surface area contributed by atoms with E-state index >= 15 is 0 Å². The molecule has 9 heteroatoms. The minimum atomic E-state index is -4.00. The number of hydrogen-bond acceptors (Lipinski definition) is 5. The highest BCUT2D eigenvalue weighted by Crippen LogP contribution is 2.26. The van der Waals surface area contributed by atoms with Crippen molar-refractivity contribution < 1.29 is 17.9 Å². The number of halogens is 1. The number of hydrazone groups is 1. The maximum absolute atomic E-state index is 13.7. The molecule has 0 saturated carbocycles. The molecule has 0 atom stereocenters. The topological polar surface area (TPSA) is 88.1 Å². The zero-order valence-corrected chi connectivity index (χ0v) is 22.4. The normalized spacial score (nSPS) is 11.7. The summed E-state index contributed by atoms with van der Waals surface area (Å²) in [5.74, 6) is 0.181. The Morgan fingerprint density at radius 1 is 1.03 bits per heavy atom. The van der Waals surface area contributed by atoms with Crippen molar-refractivity contribution in [3.63, 3.8) is 0 Å². The number of rotatable bonds is 10. The Labute approximate surface area is 217 Å². The molecule has 0 aliphatic rings. The molecule has 0 radical (unpaired) electrons. The second-order valence-corrected chi connectivity index (χ2v) is 10.7. The first-order chi connectivity index (χ1) is 17.1. The van der Waals surface area contributed by atoms with Gasteiger partial charge in [0.15, 0.2) is 0 Å². The maximum atomic E-state index is 13.7. The number of amides is 1. The first-order valence-electron chi connectivity index (χ1n) is 11.5. The van der Waals surface area contributed by atoms with Crippen molar-refractivity contribution in [2.75, 3.05) is 13.2 Å². The van der Waals surface area contributed by atoms with Crippen LogP contribution in [0.3, 0.4) is 0 Å². The number of nitrogens with zero attached hydrogens (tertiary/aromatic N) is 2. The molecule has 0 bridgehead atoms. The van der Waals surface area contributed by atoms with Crippen molar-refractivity contribution >= 4 is 33.7 Å². The number of hydrogen-bond donors (Lipinski definition) is 1. The van der Waals surface area contributed by atoms with Crippen molar-refractivity contribution in [1.29, 1.82) is 0 Å². The van der Waals surface area contributed by atoms with Gasteiger partial charge in [-0.25, -0.2) is 13.8 Å². The van der Waals surface area contributed by atoms with Gasteiger partial charge in [0.25, 0.3) is 5.91 Å². The first kappa shape index (κ1) is 27.4. The van der Waals surface area contributed by atoms with Crippen LogP contribution in [0.1, 0.15) is 34.7 Å². The van der Waals surface area contributed by atoms with Crippen molar-refractivity contribution in [2.45, 2.75) is 39.1 Å². The highest BCUT2D eigenvalue weighted by Gasteiger charge is 2.30. The maximum Gasteiger partial charge on any atom is 0.255 e. The predicted molar refractivity (Wildman–Crippen MR) is 143 cm³/mol. The minimum absolute atomic E-state index is 0.00227. The van der Waals surface area contributed by atoms with Gasteiger partial charge in [-0.2, -0.15) is 9.41 Å². The molecule has 7 nitrogen and oxygen atoms in total. The molecule has 3 aromatic carbocycles. The first-order valence-corrected chi connectivity index (χ1v) is 13.3. The number of carbonyl (C=O) groups is 1. The molecule has 0 spiro atoms. The second kappa shape index (κ2) is 12.2. The third kappa shape index (κ3) is 7.16. The Balaban J connectivity index is 1.82. The molecule has 0 fully saturated rings. The quantitative estimate of drug-likeness (QED) is 0.297. The largest absolute Gasteiger partial charge is 0.494 e. The lowest BCUT2D eigenvalue weighted by molar-refractivity contribution is -0.121. The van der Waals surface area contributed by atoms with Crippen LogP contribution in [0.25, 0.3) is 0 Å². The third-order valence-corrected chi connectivity index (χ3v) is 7.74. The van der Waals surface area contributed by atoms with E-state index in [4.69, 9.17) is 16.3 Å². The second-order valence-electron chi connectivity index (χ2n) is 8.42. The SMILES string of the molecule is CCOc1ccc(/C=N/NC(=O)CN(Cc2ccc(Cl)cc2)S(=O)(=O)c2c(C)cc(C)cc2C)cc1. The van der Waals surface area contributed by atoms with E-state index in [1.165, 1.54) is 6.21 Å². The minimum Gasteiger partial charge on any atom is -0.494 e. The van der Waals surface area contributed by atoms with Gasteiger partial charge < -0.3 is 4.74 Å². The van der Waals surface area contributed by atoms with Crippen LogP contribution in [0.5, 0.6) is 5.75 Å². The fraction of sp³-hybridized carbons (Fsp3) is 0.259. The summed E-state index contributed by atoms with van der Waals surface area (Å²) in [7, 11) is -4.00. The molecule has 0 aromatic heterocycles. The van der Waals surface area contributed by atoms with Gasteiger partial charge in [0.1, 0.15) is 5.75 Å². The Morgan fingerprint density at radius 3 is 2.22 bits per heavy atom. The zero-order chi connectivity index (χ0) is 26.3. The average molecular weight is 528 g/mol. The molecule has 190 valence electrons. The van der Waals surface area contributed by atoms with E-state index in [-0.39, 0.29) is 11.4 Å². The van der Waals surface area contributed by atoms with Crippen LogP contribution in [0.2, 0.25) is 5.02 Å². The molecule has 0 unspecified atom stereocenters. The van der Waals surface area contributed by atoms with E-state index in [9.17, 15) is 13.2 Å². The molecule has 0 heterocycles. The van der Waals surface area contributed by atoms with E-state index < -0.39 is 22.5 Å². The monoisotopic (exact) mass is 527 g/mol. The summed E-state index contributed by atoms with van der Waals surface area (Å²) < 4.78 is 34.0. The lowest BCUT2D eigenvalue weighted by Crippen LogP contribution is -2.39. The molecule has 0 aliphatic carbocycles. The van der Waals surface area contributed by atoms with Crippen molar-refractivity contribution in [1.82, 2.24) is 9.73 Å². The van der Waals surface area contributed by atoms with Crippen LogP contribution in [0, 0.1) is 20.8 Å². The molecule has 3 aromatic rings. The number of sulfonamides is 1. The predicted octanol–water partition coefficient (Wildman–Crippen LogP) is 5.01. The van der Waals surface area contributed by atoms with E-state index in [0.29, 0.717) is 28.3 Å². The van der Waals surface area contributed by atoms with E-state index in [1.54, 1.807) is 62.4 Å². The standard InChI is InChI=1S/C27H30ClN3O4S/c1-5-35-25-12-8-22(9-13-25)16-29-30-26(32)18-31(17-23-6-10-24(28)11-7-23)36(33,34)27-20(3)14-19(2)15-21(27)4/h6-16H,5,17-18H2,1-4H3,(H,30,32)/b29-16+. The Bertz CT molecular complexity index is 1320. The van der Waals surface area contributed by atoms with Gasteiger partial charge in [-0.05, 0) is 86.3 Å². The molecule has 0 aliphatic heterocycles. The molecule has 36 heavy (non-hydrogen) atoms. The Hall–Kier alpha value is -3.20. The van der Waals surface area contributed by atoms with Crippen LogP contribution >= 0.6 is 11.6 Å². The molecule has 0 saturated heterocycles. The summed E-state index contributed by atoms with van der Waals surface area (Å²) in [6.07, 6.45) is 1.49. The van der Waals surface area contributed by atoms with Gasteiger partial charge in [0.05, 0.1) is 24.3 Å². The number of ether oxygens (including phenoxy) is 1. The highest BCUT2D eigenvalue weighted by molar-refractivity contribution is 7.89. The fourth-order valence-corrected chi connectivity index (χ4v) is 5.84. The lowest BCUT2D eigenvalue weighted by Gasteiger charge is -2.24. The van der Waals surface area contributed by atoms with Crippen LogP contribution in [-0.2, 0) is 21.4 Å². The van der Waals surface area contributed by atoms with Crippen molar-refractivity contribution in [3.05, 3.63) is 93.5 Å². The number of carbonyl (C=O) groups excluding carboxylic acids is 1. The average Bonchev–Trinajstić information content (AvgIpc) is 2.80. The van der Waals surface area contributed by atoms with Gasteiger partial charge in [-0.3, -0.25) is 4.79 Å². The van der Waals surface area contributed by atoms with Gasteiger partial charge in [0, 0.05) is 11.6 Å². The highest BCUT2D eigenvalue weighted by atomic mass is 35.5. The summed E-state index contributed by atoms with van der Waals surface area (Å²) in [6.45, 7) is 7.50. The molecular formula is C27H30ClN3O4S. The molecule has 1 N–H and O–H groups in total. The molecule has 1 amide bonds. The number of aryl methyl sites for hydroxylation is 3. The molecular weight excluding hydrogens is 498 g/mol. The van der Waals surface area contributed by atoms with E-state index in [2.05, 4.69) is 10.5 Å². The summed E-state index contributed by atoms with van der Waals surface area (Å²) in [6, 6.07) is 17.7. The van der Waals surface area contributed by atoms with Gasteiger partial charge in [0.2, 0.25) is 10.0 Å². The summed E-state index contributed by atoms with van der Waals surface area (Å²) in [5, 5.41) is 4.53. The van der Waals surface area contributed by atoms with Crippen LogP contribution < -0.4 is 10.2 Å². The fourth-order valence-electron chi connectivity index (χ4n) is 3.91. The van der Waals surface area contributed by atoms with E-state index in [1.807, 2.05) is 26.0 Å². The Kier molecular flexibility index (Phi) is 9.25. The van der Waals surface area contributed by atoms with Gasteiger partial charge >= 0.3 is 0 Å². The zero-order valence-electron chi connectivity index (χ0n) is 20.8. The molecule has 3 rings (SSSR count). The summed E-state index contributed by atoms with van der Waals surface area (Å²) in [5.41, 5.74) is 6.12. The summed E-state index contributed by atoms with van der Waals surface area (Å²) in [4.78, 5) is 13.0.